The van der Waals surface area contributed by atoms with Gasteiger partial charge in [-0.2, -0.15) is 0 Å². The third-order valence-corrected chi connectivity index (χ3v) is 3.90. The number of nitrogens with zero attached hydrogens (tertiary/aromatic N) is 1. The summed E-state index contributed by atoms with van der Waals surface area (Å²) in [6, 6.07) is 14.6. The first-order valence-corrected chi connectivity index (χ1v) is 7.39. The van der Waals surface area contributed by atoms with Crippen LogP contribution >= 0.6 is 11.6 Å². The molecule has 0 aliphatic rings. The molecule has 2 N–H and O–H groups in total. The molecule has 4 heteroatoms. The lowest BCUT2D eigenvalue weighted by molar-refractivity contribution is 0.248. The van der Waals surface area contributed by atoms with Gasteiger partial charge >= 0.3 is 0 Å². The molecule has 0 radical (unpaired) electrons. The van der Waals surface area contributed by atoms with E-state index in [2.05, 4.69) is 17.0 Å². The van der Waals surface area contributed by atoms with Gasteiger partial charge in [-0.1, -0.05) is 41.9 Å². The highest BCUT2D eigenvalue weighted by molar-refractivity contribution is 6.30. The van der Waals surface area contributed by atoms with Crippen LogP contribution < -0.4 is 5.73 Å². The van der Waals surface area contributed by atoms with Gasteiger partial charge in [-0.25, -0.2) is 4.39 Å². The predicted molar refractivity (Wildman–Crippen MR) is 86.0 cm³/mol. The van der Waals surface area contributed by atoms with Gasteiger partial charge in [-0.15, -0.1) is 0 Å². The quantitative estimate of drug-likeness (QED) is 0.882. The number of rotatable bonds is 6. The molecule has 0 amide bonds. The van der Waals surface area contributed by atoms with E-state index in [-0.39, 0.29) is 11.9 Å². The van der Waals surface area contributed by atoms with Gasteiger partial charge < -0.3 is 5.73 Å². The number of nitrogens with two attached hydrogens (primary N) is 1. The van der Waals surface area contributed by atoms with Crippen molar-refractivity contribution in [2.24, 2.45) is 5.73 Å². The Balaban J connectivity index is 2.08. The summed E-state index contributed by atoms with van der Waals surface area (Å²) in [7, 11) is 1.96. The molecular weight excluding hydrogens is 287 g/mol. The summed E-state index contributed by atoms with van der Waals surface area (Å²) in [5, 5.41) is 0.529. The number of hydrogen-bond acceptors (Lipinski definition) is 2. The van der Waals surface area contributed by atoms with Gasteiger partial charge in [0.1, 0.15) is 5.82 Å². The van der Waals surface area contributed by atoms with Gasteiger partial charge in [0, 0.05) is 29.7 Å². The second-order valence-corrected chi connectivity index (χ2v) is 5.57. The number of likely N-dealkylation sites (N-methyl/N-ethyl adjacent to an activating group) is 1. The Morgan fingerprint density at radius 3 is 2.57 bits per heavy atom. The van der Waals surface area contributed by atoms with Gasteiger partial charge in [-0.05, 0) is 37.2 Å². The standard InChI is InChI=1S/C17H20ClFN2/c1-21(10-9-13-5-3-2-4-6-13)17(12-20)15-11-14(18)7-8-16(15)19/h2-8,11,17H,9-10,12,20H2,1H3. The maximum absolute atomic E-state index is 14.0. The molecule has 112 valence electrons. The molecule has 0 fully saturated rings. The summed E-state index contributed by atoms with van der Waals surface area (Å²) < 4.78 is 14.0. The molecule has 2 aromatic rings. The first-order chi connectivity index (χ1) is 10.1. The van der Waals surface area contributed by atoms with Crippen LogP contribution in [-0.4, -0.2) is 25.0 Å². The van der Waals surface area contributed by atoms with E-state index in [4.69, 9.17) is 17.3 Å². The van der Waals surface area contributed by atoms with E-state index >= 15 is 0 Å². The van der Waals surface area contributed by atoms with Crippen molar-refractivity contribution >= 4 is 11.6 Å². The molecule has 0 saturated carbocycles. The highest BCUT2D eigenvalue weighted by Crippen LogP contribution is 2.24. The lowest BCUT2D eigenvalue weighted by atomic mass is 10.0. The highest BCUT2D eigenvalue weighted by atomic mass is 35.5. The molecule has 0 heterocycles. The Bertz CT molecular complexity index is 574. The summed E-state index contributed by atoms with van der Waals surface area (Å²) in [6.45, 7) is 1.15. The number of hydrogen-bond donors (Lipinski definition) is 1. The van der Waals surface area contributed by atoms with Crippen LogP contribution in [-0.2, 0) is 6.42 Å². The second-order valence-electron chi connectivity index (χ2n) is 5.13. The zero-order chi connectivity index (χ0) is 15.2. The van der Waals surface area contributed by atoms with Crippen molar-refractivity contribution in [2.75, 3.05) is 20.1 Å². The van der Waals surface area contributed by atoms with Crippen molar-refractivity contribution in [2.45, 2.75) is 12.5 Å². The SMILES string of the molecule is CN(CCc1ccccc1)C(CN)c1cc(Cl)ccc1F. The van der Waals surface area contributed by atoms with Gasteiger partial charge in [-0.3, -0.25) is 4.90 Å². The Labute approximate surface area is 130 Å². The zero-order valence-electron chi connectivity index (χ0n) is 12.1. The summed E-state index contributed by atoms with van der Waals surface area (Å²) in [6.07, 6.45) is 0.899. The third kappa shape index (κ3) is 4.27. The van der Waals surface area contributed by atoms with E-state index in [0.717, 1.165) is 13.0 Å². The summed E-state index contributed by atoms with van der Waals surface area (Å²) in [5.41, 5.74) is 7.65. The highest BCUT2D eigenvalue weighted by Gasteiger charge is 2.19. The Kier molecular flexibility index (Phi) is 5.74. The second kappa shape index (κ2) is 7.55. The average molecular weight is 307 g/mol. The molecule has 1 unspecified atom stereocenters. The number of benzene rings is 2. The van der Waals surface area contributed by atoms with Crippen molar-refractivity contribution in [1.82, 2.24) is 4.90 Å². The van der Waals surface area contributed by atoms with Crippen LogP contribution in [0.3, 0.4) is 0 Å². The first-order valence-electron chi connectivity index (χ1n) is 7.01. The summed E-state index contributed by atoms with van der Waals surface area (Å²) in [5.74, 6) is -0.263. The summed E-state index contributed by atoms with van der Waals surface area (Å²) in [4.78, 5) is 2.07. The zero-order valence-corrected chi connectivity index (χ0v) is 12.9. The van der Waals surface area contributed by atoms with Crippen LogP contribution in [0.1, 0.15) is 17.2 Å². The van der Waals surface area contributed by atoms with E-state index in [1.807, 2.05) is 25.2 Å². The molecule has 2 nitrogen and oxygen atoms in total. The topological polar surface area (TPSA) is 29.3 Å². The van der Waals surface area contributed by atoms with E-state index in [9.17, 15) is 4.39 Å². The van der Waals surface area contributed by atoms with Gasteiger partial charge in [0.05, 0.1) is 0 Å². The molecule has 2 aromatic carbocycles. The smallest absolute Gasteiger partial charge is 0.128 e. The minimum atomic E-state index is -0.263. The Hall–Kier alpha value is -1.42. The number of halogens is 2. The van der Waals surface area contributed by atoms with E-state index < -0.39 is 0 Å². The minimum absolute atomic E-state index is 0.174. The summed E-state index contributed by atoms with van der Waals surface area (Å²) >= 11 is 5.97. The molecule has 0 aliphatic heterocycles. The fraction of sp³-hybridized carbons (Fsp3) is 0.294. The van der Waals surface area contributed by atoms with Gasteiger partial charge in [0.15, 0.2) is 0 Å². The van der Waals surface area contributed by atoms with E-state index in [1.165, 1.54) is 11.6 Å². The molecule has 0 aromatic heterocycles. The molecule has 0 spiro atoms. The van der Waals surface area contributed by atoms with Crippen molar-refractivity contribution in [3.05, 3.63) is 70.5 Å². The fourth-order valence-electron chi connectivity index (χ4n) is 2.42. The van der Waals surface area contributed by atoms with Crippen LogP contribution in [0.25, 0.3) is 0 Å². The predicted octanol–water partition coefficient (Wildman–Crippen LogP) is 3.65. The van der Waals surface area contributed by atoms with E-state index in [0.29, 0.717) is 17.1 Å². The molecule has 2 rings (SSSR count). The van der Waals surface area contributed by atoms with Crippen LogP contribution in [0.2, 0.25) is 5.02 Å². The normalized spacial score (nSPS) is 12.6. The van der Waals surface area contributed by atoms with Crippen molar-refractivity contribution in [3.8, 4) is 0 Å². The van der Waals surface area contributed by atoms with Crippen molar-refractivity contribution in [1.29, 1.82) is 0 Å². The lowest BCUT2D eigenvalue weighted by Gasteiger charge is -2.27. The lowest BCUT2D eigenvalue weighted by Crippen LogP contribution is -2.32. The average Bonchev–Trinajstić information content (AvgIpc) is 2.50. The Morgan fingerprint density at radius 1 is 1.19 bits per heavy atom. The van der Waals surface area contributed by atoms with Gasteiger partial charge in [0.2, 0.25) is 0 Å². The molecule has 0 bridgehead atoms. The monoisotopic (exact) mass is 306 g/mol. The van der Waals surface area contributed by atoms with Crippen molar-refractivity contribution in [3.63, 3.8) is 0 Å². The van der Waals surface area contributed by atoms with Crippen LogP contribution in [0.15, 0.2) is 48.5 Å². The molecular formula is C17H20ClFN2. The minimum Gasteiger partial charge on any atom is -0.329 e. The molecule has 1 atom stereocenters. The molecule has 0 saturated heterocycles. The van der Waals surface area contributed by atoms with E-state index in [1.54, 1.807) is 12.1 Å². The largest absolute Gasteiger partial charge is 0.329 e. The maximum Gasteiger partial charge on any atom is 0.128 e. The maximum atomic E-state index is 14.0. The van der Waals surface area contributed by atoms with Crippen LogP contribution in [0.4, 0.5) is 4.39 Å². The van der Waals surface area contributed by atoms with Crippen LogP contribution in [0, 0.1) is 5.82 Å². The van der Waals surface area contributed by atoms with Gasteiger partial charge in [0.25, 0.3) is 0 Å². The van der Waals surface area contributed by atoms with Crippen LogP contribution in [0.5, 0.6) is 0 Å². The first kappa shape index (κ1) is 16.0. The molecule has 0 aliphatic carbocycles. The fourth-order valence-corrected chi connectivity index (χ4v) is 2.60. The third-order valence-electron chi connectivity index (χ3n) is 3.67. The Morgan fingerprint density at radius 2 is 1.90 bits per heavy atom. The van der Waals surface area contributed by atoms with Crippen molar-refractivity contribution < 1.29 is 4.39 Å². The molecule has 21 heavy (non-hydrogen) atoms.